The van der Waals surface area contributed by atoms with E-state index in [1.165, 1.54) is 22.3 Å². The first kappa shape index (κ1) is 18.1. The molecule has 0 aromatic heterocycles. The third-order valence-electron chi connectivity index (χ3n) is 4.79. The minimum Gasteiger partial charge on any atom is -0.489 e. The second-order valence-corrected chi connectivity index (χ2v) is 6.89. The average Bonchev–Trinajstić information content (AvgIpc) is 2.64. The number of ether oxygens (including phenoxy) is 2. The van der Waals surface area contributed by atoms with Crippen LogP contribution < -0.4 is 9.47 Å². The highest BCUT2D eigenvalue weighted by Gasteiger charge is 2.01. The van der Waals surface area contributed by atoms with Gasteiger partial charge in [-0.05, 0) is 85.3 Å². The maximum absolute atomic E-state index is 5.89. The third-order valence-corrected chi connectivity index (χ3v) is 4.79. The van der Waals surface area contributed by atoms with Gasteiger partial charge in [-0.1, -0.05) is 36.4 Å². The van der Waals surface area contributed by atoms with Crippen LogP contribution in [0.1, 0.15) is 33.4 Å². The summed E-state index contributed by atoms with van der Waals surface area (Å²) in [4.78, 5) is 0. The van der Waals surface area contributed by atoms with Gasteiger partial charge in [0.1, 0.15) is 24.7 Å². The molecule has 0 aliphatic carbocycles. The van der Waals surface area contributed by atoms with E-state index in [0.29, 0.717) is 13.2 Å². The van der Waals surface area contributed by atoms with Crippen molar-refractivity contribution in [2.45, 2.75) is 40.9 Å². The molecule has 0 bridgehead atoms. The first-order valence-corrected chi connectivity index (χ1v) is 8.99. The molecule has 2 nitrogen and oxygen atoms in total. The standard InChI is InChI=1S/C24H26O2/c1-17-5-11-23(13-19(17)3)25-15-21-7-9-22(10-8-21)16-26-24-12-6-18(2)20(4)14-24/h5-14H,15-16H2,1-4H3. The van der Waals surface area contributed by atoms with E-state index in [0.717, 1.165) is 22.6 Å². The largest absolute Gasteiger partial charge is 0.489 e. The Morgan fingerprint density at radius 2 is 0.885 bits per heavy atom. The van der Waals surface area contributed by atoms with Crippen LogP contribution in [0.4, 0.5) is 0 Å². The third kappa shape index (κ3) is 4.66. The van der Waals surface area contributed by atoms with E-state index >= 15 is 0 Å². The van der Waals surface area contributed by atoms with Gasteiger partial charge in [-0.2, -0.15) is 0 Å². The van der Waals surface area contributed by atoms with Gasteiger partial charge in [0.15, 0.2) is 0 Å². The summed E-state index contributed by atoms with van der Waals surface area (Å²) >= 11 is 0. The van der Waals surface area contributed by atoms with Crippen molar-refractivity contribution in [2.75, 3.05) is 0 Å². The summed E-state index contributed by atoms with van der Waals surface area (Å²) in [7, 11) is 0. The summed E-state index contributed by atoms with van der Waals surface area (Å²) in [6.45, 7) is 9.57. The lowest BCUT2D eigenvalue weighted by Crippen LogP contribution is -1.99. The average molecular weight is 346 g/mol. The smallest absolute Gasteiger partial charge is 0.120 e. The normalized spacial score (nSPS) is 10.6. The van der Waals surface area contributed by atoms with Gasteiger partial charge in [-0.25, -0.2) is 0 Å². The molecule has 0 aliphatic rings. The minimum atomic E-state index is 0.570. The molecule has 0 unspecified atom stereocenters. The van der Waals surface area contributed by atoms with Gasteiger partial charge >= 0.3 is 0 Å². The second kappa shape index (κ2) is 8.09. The fourth-order valence-corrected chi connectivity index (χ4v) is 2.67. The molecule has 0 saturated carbocycles. The maximum atomic E-state index is 5.89. The topological polar surface area (TPSA) is 18.5 Å². The lowest BCUT2D eigenvalue weighted by Gasteiger charge is -2.10. The molecule has 0 heterocycles. The molecule has 0 saturated heterocycles. The van der Waals surface area contributed by atoms with E-state index in [2.05, 4.69) is 76.2 Å². The van der Waals surface area contributed by atoms with Crippen molar-refractivity contribution in [1.82, 2.24) is 0 Å². The van der Waals surface area contributed by atoms with Crippen LogP contribution in [0, 0.1) is 27.7 Å². The van der Waals surface area contributed by atoms with Crippen molar-refractivity contribution < 1.29 is 9.47 Å². The number of benzene rings is 3. The number of hydrogen-bond donors (Lipinski definition) is 0. The Hall–Kier alpha value is -2.74. The molecule has 0 atom stereocenters. The van der Waals surface area contributed by atoms with E-state index in [-0.39, 0.29) is 0 Å². The molecular formula is C24H26O2. The Morgan fingerprint density at radius 1 is 0.500 bits per heavy atom. The van der Waals surface area contributed by atoms with Crippen LogP contribution in [0.2, 0.25) is 0 Å². The fourth-order valence-electron chi connectivity index (χ4n) is 2.67. The molecule has 3 aromatic rings. The van der Waals surface area contributed by atoms with Crippen molar-refractivity contribution in [3.05, 3.63) is 94.0 Å². The zero-order chi connectivity index (χ0) is 18.5. The van der Waals surface area contributed by atoms with Gasteiger partial charge in [-0.15, -0.1) is 0 Å². The Labute approximate surface area is 156 Å². The second-order valence-electron chi connectivity index (χ2n) is 6.89. The molecule has 0 fully saturated rings. The monoisotopic (exact) mass is 346 g/mol. The summed E-state index contributed by atoms with van der Waals surface area (Å²) in [6.07, 6.45) is 0. The van der Waals surface area contributed by atoms with Crippen molar-refractivity contribution in [2.24, 2.45) is 0 Å². The molecule has 3 rings (SSSR count). The number of rotatable bonds is 6. The van der Waals surface area contributed by atoms with Gasteiger partial charge in [0.25, 0.3) is 0 Å². The number of hydrogen-bond acceptors (Lipinski definition) is 2. The molecule has 2 heteroatoms. The molecule has 0 radical (unpaired) electrons. The van der Waals surface area contributed by atoms with Crippen molar-refractivity contribution in [3.63, 3.8) is 0 Å². The fraction of sp³-hybridized carbons (Fsp3) is 0.250. The number of aryl methyl sites for hydroxylation is 4. The van der Waals surface area contributed by atoms with E-state index in [1.807, 2.05) is 12.1 Å². The van der Waals surface area contributed by atoms with Crippen LogP contribution in [-0.2, 0) is 13.2 Å². The van der Waals surface area contributed by atoms with Crippen molar-refractivity contribution >= 4 is 0 Å². The highest BCUT2D eigenvalue weighted by Crippen LogP contribution is 2.19. The zero-order valence-electron chi connectivity index (χ0n) is 16.0. The first-order chi connectivity index (χ1) is 12.5. The van der Waals surface area contributed by atoms with E-state index in [4.69, 9.17) is 9.47 Å². The Bertz CT molecular complexity index is 805. The Kier molecular flexibility index (Phi) is 5.62. The Morgan fingerprint density at radius 3 is 1.23 bits per heavy atom. The molecule has 0 N–H and O–H groups in total. The van der Waals surface area contributed by atoms with Crippen LogP contribution in [-0.4, -0.2) is 0 Å². The van der Waals surface area contributed by atoms with Gasteiger partial charge < -0.3 is 9.47 Å². The van der Waals surface area contributed by atoms with Crippen molar-refractivity contribution in [3.8, 4) is 11.5 Å². The van der Waals surface area contributed by atoms with Crippen LogP contribution in [0.15, 0.2) is 60.7 Å². The van der Waals surface area contributed by atoms with Gasteiger partial charge in [0.2, 0.25) is 0 Å². The SMILES string of the molecule is Cc1ccc(OCc2ccc(COc3ccc(C)c(C)c3)cc2)cc1C. The molecule has 134 valence electrons. The van der Waals surface area contributed by atoms with Gasteiger partial charge in [0, 0.05) is 0 Å². The summed E-state index contributed by atoms with van der Waals surface area (Å²) in [5.41, 5.74) is 7.37. The molecule has 0 spiro atoms. The van der Waals surface area contributed by atoms with Crippen LogP contribution >= 0.6 is 0 Å². The molecule has 3 aromatic carbocycles. The molecular weight excluding hydrogens is 320 g/mol. The van der Waals surface area contributed by atoms with E-state index in [9.17, 15) is 0 Å². The highest BCUT2D eigenvalue weighted by molar-refractivity contribution is 5.35. The first-order valence-electron chi connectivity index (χ1n) is 8.99. The quantitative estimate of drug-likeness (QED) is 0.538. The summed E-state index contributed by atoms with van der Waals surface area (Å²) in [5.74, 6) is 1.82. The predicted octanol–water partition coefficient (Wildman–Crippen LogP) is 6.08. The van der Waals surface area contributed by atoms with Crippen LogP contribution in [0.5, 0.6) is 11.5 Å². The van der Waals surface area contributed by atoms with Gasteiger partial charge in [-0.3, -0.25) is 0 Å². The van der Waals surface area contributed by atoms with Crippen molar-refractivity contribution in [1.29, 1.82) is 0 Å². The van der Waals surface area contributed by atoms with E-state index < -0.39 is 0 Å². The lowest BCUT2D eigenvalue weighted by atomic mass is 10.1. The summed E-state index contributed by atoms with van der Waals surface area (Å²) in [5, 5.41) is 0. The maximum Gasteiger partial charge on any atom is 0.120 e. The molecule has 0 aliphatic heterocycles. The van der Waals surface area contributed by atoms with Crippen LogP contribution in [0.3, 0.4) is 0 Å². The highest BCUT2D eigenvalue weighted by atomic mass is 16.5. The molecule has 26 heavy (non-hydrogen) atoms. The zero-order valence-corrected chi connectivity index (χ0v) is 16.0. The minimum absolute atomic E-state index is 0.570. The predicted molar refractivity (Wildman–Crippen MR) is 107 cm³/mol. The summed E-state index contributed by atoms with van der Waals surface area (Å²) in [6, 6.07) is 20.8. The van der Waals surface area contributed by atoms with Gasteiger partial charge in [0.05, 0.1) is 0 Å². The Balaban J connectivity index is 1.54. The summed E-state index contributed by atoms with van der Waals surface area (Å²) < 4.78 is 11.8. The van der Waals surface area contributed by atoms with Crippen LogP contribution in [0.25, 0.3) is 0 Å². The molecule has 0 amide bonds. The van der Waals surface area contributed by atoms with E-state index in [1.54, 1.807) is 0 Å². The lowest BCUT2D eigenvalue weighted by molar-refractivity contribution is 0.302.